The minimum atomic E-state index is -5.08. The van der Waals surface area contributed by atoms with Crippen molar-refractivity contribution in [3.05, 3.63) is 54.1 Å². The van der Waals surface area contributed by atoms with E-state index in [0.29, 0.717) is 29.8 Å². The molecule has 2 aliphatic heterocycles. The van der Waals surface area contributed by atoms with Gasteiger partial charge in [-0.1, -0.05) is 13.8 Å². The number of amides is 1. The van der Waals surface area contributed by atoms with E-state index in [2.05, 4.69) is 40.5 Å². The Kier molecular flexibility index (Phi) is 12.9. The number of hydrogen-bond acceptors (Lipinski definition) is 8. The summed E-state index contributed by atoms with van der Waals surface area (Å²) in [6, 6.07) is 15.1. The number of anilines is 1. The van der Waals surface area contributed by atoms with Crippen LogP contribution in [-0.4, -0.2) is 105 Å². The van der Waals surface area contributed by atoms with E-state index in [4.69, 9.17) is 19.4 Å². The summed E-state index contributed by atoms with van der Waals surface area (Å²) < 4.78 is 47.7. The van der Waals surface area contributed by atoms with E-state index in [1.165, 1.54) is 33.0 Å². The Morgan fingerprint density at radius 3 is 2.02 bits per heavy atom. The number of hydrogen-bond donors (Lipinski definition) is 1. The second kappa shape index (κ2) is 16.4. The highest BCUT2D eigenvalue weighted by Crippen LogP contribution is 2.28. The second-order valence-corrected chi connectivity index (χ2v) is 11.7. The molecule has 2 aromatic carbocycles. The highest BCUT2D eigenvalue weighted by Gasteiger charge is 2.38. The Morgan fingerprint density at radius 2 is 1.47 bits per heavy atom. The van der Waals surface area contributed by atoms with Crippen molar-refractivity contribution in [3.63, 3.8) is 0 Å². The number of methoxy groups -OCH3 is 1. The van der Waals surface area contributed by atoms with Crippen molar-refractivity contribution < 1.29 is 46.9 Å². The standard InChI is InChI=1S/C30H41N3O5.C2HF3O2/c1-30(2)14-4-15-31(23-30)16-5-21-37-26-12-8-25(9-13-26)32-17-19-33(20-18-32)29(35)24-6-10-27(11-7-24)38-22-28(34)36-3;3-2(4,5)1(6)7/h6-13H,4-5,14-23H2,1-3H3;(H,6,7). The van der Waals surface area contributed by atoms with Gasteiger partial charge in [0.15, 0.2) is 6.61 Å². The zero-order chi connectivity index (χ0) is 33.0. The van der Waals surface area contributed by atoms with Crippen LogP contribution in [0, 0.1) is 5.41 Å². The third kappa shape index (κ3) is 11.8. The van der Waals surface area contributed by atoms with Crippen molar-refractivity contribution in [2.24, 2.45) is 5.41 Å². The summed E-state index contributed by atoms with van der Waals surface area (Å²) in [5.41, 5.74) is 2.18. The van der Waals surface area contributed by atoms with Gasteiger partial charge in [-0.3, -0.25) is 4.79 Å². The molecule has 2 aromatic rings. The summed E-state index contributed by atoms with van der Waals surface area (Å²) in [5.74, 6) is -1.78. The van der Waals surface area contributed by atoms with E-state index >= 15 is 0 Å². The second-order valence-electron chi connectivity index (χ2n) is 11.7. The summed E-state index contributed by atoms with van der Waals surface area (Å²) in [6.07, 6.45) is -1.43. The lowest BCUT2D eigenvalue weighted by atomic mass is 9.84. The lowest BCUT2D eigenvalue weighted by Gasteiger charge is -2.38. The maximum absolute atomic E-state index is 12.9. The van der Waals surface area contributed by atoms with Crippen molar-refractivity contribution >= 4 is 23.5 Å². The smallest absolute Gasteiger partial charge is 0.490 e. The molecule has 45 heavy (non-hydrogen) atoms. The van der Waals surface area contributed by atoms with Crippen molar-refractivity contribution in [2.45, 2.75) is 39.3 Å². The molecule has 2 heterocycles. The van der Waals surface area contributed by atoms with Crippen LogP contribution in [0.3, 0.4) is 0 Å². The summed E-state index contributed by atoms with van der Waals surface area (Å²) in [7, 11) is 1.32. The first-order chi connectivity index (χ1) is 21.3. The largest absolute Gasteiger partial charge is 0.494 e. The van der Waals surface area contributed by atoms with Gasteiger partial charge >= 0.3 is 18.1 Å². The van der Waals surface area contributed by atoms with E-state index < -0.39 is 18.1 Å². The molecule has 2 saturated heterocycles. The number of esters is 1. The van der Waals surface area contributed by atoms with Gasteiger partial charge in [-0.25, -0.2) is 9.59 Å². The fraction of sp³-hybridized carbons (Fsp3) is 0.531. The molecule has 0 bridgehead atoms. The number of piperidine rings is 1. The fourth-order valence-corrected chi connectivity index (χ4v) is 5.21. The van der Waals surface area contributed by atoms with Crippen LogP contribution in [0.25, 0.3) is 0 Å². The van der Waals surface area contributed by atoms with Gasteiger partial charge in [0, 0.05) is 50.5 Å². The van der Waals surface area contributed by atoms with Crippen LogP contribution in [-0.2, 0) is 14.3 Å². The highest BCUT2D eigenvalue weighted by atomic mass is 19.4. The minimum absolute atomic E-state index is 0.000956. The Morgan fingerprint density at radius 1 is 0.889 bits per heavy atom. The number of carboxylic acid groups (broad SMARTS) is 1. The molecule has 0 aliphatic carbocycles. The Labute approximate surface area is 261 Å². The summed E-state index contributed by atoms with van der Waals surface area (Å²) in [4.78, 5) is 39.8. The molecule has 10 nitrogen and oxygen atoms in total. The predicted octanol–water partition coefficient (Wildman–Crippen LogP) is 4.73. The lowest BCUT2D eigenvalue weighted by molar-refractivity contribution is -0.192. The number of likely N-dealkylation sites (tertiary alicyclic amines) is 1. The number of carbonyl (C=O) groups is 3. The van der Waals surface area contributed by atoms with Gasteiger partial charge in [0.25, 0.3) is 5.91 Å². The average Bonchev–Trinajstić information content (AvgIpc) is 3.01. The van der Waals surface area contributed by atoms with E-state index in [1.54, 1.807) is 24.3 Å². The third-order valence-corrected chi connectivity index (χ3v) is 7.56. The van der Waals surface area contributed by atoms with Gasteiger partial charge in [0.05, 0.1) is 13.7 Å². The number of alkyl halides is 3. The lowest BCUT2D eigenvalue weighted by Crippen LogP contribution is -2.48. The Hall–Kier alpha value is -4.00. The number of piperazine rings is 1. The van der Waals surface area contributed by atoms with Crippen molar-refractivity contribution in [1.29, 1.82) is 0 Å². The SMILES string of the molecule is COC(=O)COc1ccc(C(=O)N2CCN(c3ccc(OCCCN4CCCC(C)(C)C4)cc3)CC2)cc1.O=C(O)C(F)(F)F. The molecule has 2 aliphatic rings. The topological polar surface area (TPSA) is 109 Å². The molecule has 1 amide bonds. The predicted molar refractivity (Wildman–Crippen MR) is 162 cm³/mol. The molecule has 0 spiro atoms. The molecule has 1 N–H and O–H groups in total. The number of nitrogens with zero attached hydrogens (tertiary/aromatic N) is 3. The van der Waals surface area contributed by atoms with Gasteiger partial charge < -0.3 is 34.0 Å². The van der Waals surface area contributed by atoms with Crippen LogP contribution < -0.4 is 14.4 Å². The average molecular weight is 638 g/mol. The molecule has 0 unspecified atom stereocenters. The minimum Gasteiger partial charge on any atom is -0.494 e. The molecule has 0 radical (unpaired) electrons. The van der Waals surface area contributed by atoms with Gasteiger partial charge in [0.2, 0.25) is 0 Å². The Balaban J connectivity index is 0.000000707. The van der Waals surface area contributed by atoms with E-state index in [-0.39, 0.29) is 12.5 Å². The van der Waals surface area contributed by atoms with Gasteiger partial charge in [-0.15, -0.1) is 0 Å². The van der Waals surface area contributed by atoms with Crippen LogP contribution in [0.1, 0.15) is 43.5 Å². The maximum atomic E-state index is 12.9. The van der Waals surface area contributed by atoms with Crippen molar-refractivity contribution in [3.8, 4) is 11.5 Å². The van der Waals surface area contributed by atoms with Gasteiger partial charge in [-0.2, -0.15) is 13.2 Å². The number of carbonyl (C=O) groups excluding carboxylic acids is 2. The van der Waals surface area contributed by atoms with Crippen LogP contribution in [0.2, 0.25) is 0 Å². The highest BCUT2D eigenvalue weighted by molar-refractivity contribution is 5.94. The van der Waals surface area contributed by atoms with Crippen LogP contribution in [0.5, 0.6) is 11.5 Å². The first-order valence-corrected chi connectivity index (χ1v) is 14.9. The molecule has 4 rings (SSSR count). The number of aliphatic carboxylic acids is 1. The molecular weight excluding hydrogens is 595 g/mol. The molecule has 13 heteroatoms. The number of rotatable bonds is 10. The maximum Gasteiger partial charge on any atom is 0.490 e. The van der Waals surface area contributed by atoms with Crippen molar-refractivity contribution in [2.75, 3.05) is 71.0 Å². The monoisotopic (exact) mass is 637 g/mol. The summed E-state index contributed by atoms with van der Waals surface area (Å²) in [6.45, 7) is 11.6. The van der Waals surface area contributed by atoms with Crippen LogP contribution >= 0.6 is 0 Å². The van der Waals surface area contributed by atoms with Crippen molar-refractivity contribution in [1.82, 2.24) is 9.80 Å². The van der Waals surface area contributed by atoms with Gasteiger partial charge in [-0.05, 0) is 79.8 Å². The normalized spacial score (nSPS) is 16.7. The molecular formula is C32H42F3N3O7. The fourth-order valence-electron chi connectivity index (χ4n) is 5.21. The summed E-state index contributed by atoms with van der Waals surface area (Å²) in [5, 5.41) is 7.12. The zero-order valence-corrected chi connectivity index (χ0v) is 26.0. The number of halogens is 3. The van der Waals surface area contributed by atoms with Crippen LogP contribution in [0.4, 0.5) is 18.9 Å². The number of carboxylic acids is 1. The van der Waals surface area contributed by atoms with Crippen LogP contribution in [0.15, 0.2) is 48.5 Å². The zero-order valence-electron chi connectivity index (χ0n) is 26.0. The molecule has 0 aromatic heterocycles. The molecule has 248 valence electrons. The van der Waals surface area contributed by atoms with E-state index in [0.717, 1.165) is 44.1 Å². The van der Waals surface area contributed by atoms with Gasteiger partial charge in [0.1, 0.15) is 11.5 Å². The van der Waals surface area contributed by atoms with E-state index in [1.807, 2.05) is 17.0 Å². The molecule has 0 atom stereocenters. The quantitative estimate of drug-likeness (QED) is 0.292. The first kappa shape index (κ1) is 35.5. The Bertz CT molecular complexity index is 1250. The number of benzene rings is 2. The number of ether oxygens (including phenoxy) is 3. The first-order valence-electron chi connectivity index (χ1n) is 14.9. The summed E-state index contributed by atoms with van der Waals surface area (Å²) >= 11 is 0. The molecule has 2 fully saturated rings. The van der Waals surface area contributed by atoms with E-state index in [9.17, 15) is 22.8 Å². The molecule has 0 saturated carbocycles. The third-order valence-electron chi connectivity index (χ3n) is 7.56.